The first-order chi connectivity index (χ1) is 11.1. The molecule has 0 aromatic heterocycles. The Bertz CT molecular complexity index is 803. The standard InChI is InChI=1S/C21H20N2/c1-21(16-6-2-4-8-18(16)22,17-7-3-5-9-19(17)23)20-14-10-11-15(20)13-12-14/h2-13,20H,22-23H2,1H3. The molecule has 4 N–H and O–H groups in total. The number of hydrogen-bond acceptors (Lipinski definition) is 2. The summed E-state index contributed by atoms with van der Waals surface area (Å²) in [6.07, 6.45) is 8.82. The predicted octanol–water partition coefficient (Wildman–Crippen LogP) is 4.21. The van der Waals surface area contributed by atoms with Crippen molar-refractivity contribution in [3.8, 4) is 0 Å². The molecule has 0 unspecified atom stereocenters. The molecular weight excluding hydrogens is 280 g/mol. The van der Waals surface area contributed by atoms with Crippen LogP contribution in [-0.4, -0.2) is 0 Å². The van der Waals surface area contributed by atoms with Gasteiger partial charge in [-0.15, -0.1) is 0 Å². The highest BCUT2D eigenvalue weighted by Gasteiger charge is 2.45. The molecule has 4 rings (SSSR count). The number of rotatable bonds is 3. The van der Waals surface area contributed by atoms with Crippen molar-refractivity contribution in [1.82, 2.24) is 0 Å². The third-order valence-corrected chi connectivity index (χ3v) is 5.22. The molecule has 2 aromatic rings. The summed E-state index contributed by atoms with van der Waals surface area (Å²) >= 11 is 0. The lowest BCUT2D eigenvalue weighted by Gasteiger charge is -2.39. The van der Waals surface area contributed by atoms with Crippen molar-refractivity contribution in [3.63, 3.8) is 0 Å². The average Bonchev–Trinajstić information content (AvgIpc) is 3.16. The lowest BCUT2D eigenvalue weighted by Crippen LogP contribution is -2.35. The van der Waals surface area contributed by atoms with E-state index in [0.29, 0.717) is 0 Å². The van der Waals surface area contributed by atoms with Crippen LogP contribution in [0.1, 0.15) is 18.1 Å². The second-order valence-corrected chi connectivity index (χ2v) is 6.48. The molecule has 2 aliphatic carbocycles. The number of benzene rings is 2. The molecule has 0 heterocycles. The first kappa shape index (κ1) is 13.9. The highest BCUT2D eigenvalue weighted by atomic mass is 14.6. The molecule has 2 bridgehead atoms. The van der Waals surface area contributed by atoms with Gasteiger partial charge in [0, 0.05) is 22.7 Å². The van der Waals surface area contributed by atoms with Crippen molar-refractivity contribution in [2.45, 2.75) is 12.3 Å². The van der Waals surface area contributed by atoms with Gasteiger partial charge >= 0.3 is 0 Å². The van der Waals surface area contributed by atoms with Gasteiger partial charge in [-0.2, -0.15) is 0 Å². The van der Waals surface area contributed by atoms with Crippen molar-refractivity contribution >= 4 is 11.4 Å². The van der Waals surface area contributed by atoms with E-state index in [4.69, 9.17) is 11.5 Å². The maximum atomic E-state index is 6.37. The SMILES string of the molecule is CC(c1ccccc1N)(c1ccccc1N)C1C2=CC=C1C=C2. The van der Waals surface area contributed by atoms with Gasteiger partial charge in [-0.05, 0) is 34.4 Å². The third kappa shape index (κ3) is 1.88. The Balaban J connectivity index is 1.99. The Morgan fingerprint density at radius 3 is 1.57 bits per heavy atom. The summed E-state index contributed by atoms with van der Waals surface area (Å²) in [4.78, 5) is 0. The Morgan fingerprint density at radius 2 is 1.17 bits per heavy atom. The smallest absolute Gasteiger partial charge is 0.0355 e. The fourth-order valence-corrected chi connectivity index (χ4v) is 4.14. The third-order valence-electron chi connectivity index (χ3n) is 5.22. The lowest BCUT2D eigenvalue weighted by molar-refractivity contribution is 0.473. The number of nitrogens with two attached hydrogens (primary N) is 2. The van der Waals surface area contributed by atoms with Gasteiger partial charge in [0.1, 0.15) is 0 Å². The normalized spacial score (nSPS) is 16.6. The summed E-state index contributed by atoms with van der Waals surface area (Å²) in [6, 6.07) is 16.3. The first-order valence-corrected chi connectivity index (χ1v) is 7.92. The molecule has 0 radical (unpaired) electrons. The maximum absolute atomic E-state index is 6.37. The highest BCUT2D eigenvalue weighted by molar-refractivity contribution is 5.67. The zero-order valence-corrected chi connectivity index (χ0v) is 13.2. The number of anilines is 2. The van der Waals surface area contributed by atoms with E-state index in [2.05, 4.69) is 55.5 Å². The van der Waals surface area contributed by atoms with E-state index in [1.54, 1.807) is 0 Å². The molecule has 114 valence electrons. The van der Waals surface area contributed by atoms with Crippen molar-refractivity contribution in [2.24, 2.45) is 5.92 Å². The molecule has 2 nitrogen and oxygen atoms in total. The number of allylic oxidation sites excluding steroid dienone is 6. The van der Waals surface area contributed by atoms with Gasteiger partial charge in [-0.25, -0.2) is 0 Å². The van der Waals surface area contributed by atoms with Gasteiger partial charge in [0.15, 0.2) is 0 Å². The van der Waals surface area contributed by atoms with Gasteiger partial charge in [-0.3, -0.25) is 0 Å². The van der Waals surface area contributed by atoms with Crippen LogP contribution in [-0.2, 0) is 5.41 Å². The van der Waals surface area contributed by atoms with Crippen molar-refractivity contribution in [1.29, 1.82) is 0 Å². The van der Waals surface area contributed by atoms with Crippen LogP contribution in [0.3, 0.4) is 0 Å². The van der Waals surface area contributed by atoms with Crippen LogP contribution in [0.15, 0.2) is 84.0 Å². The van der Waals surface area contributed by atoms with Gasteiger partial charge in [0.05, 0.1) is 0 Å². The van der Waals surface area contributed by atoms with E-state index in [0.717, 1.165) is 22.5 Å². The van der Waals surface area contributed by atoms with Crippen LogP contribution < -0.4 is 11.5 Å². The average molecular weight is 300 g/mol. The molecule has 2 aliphatic rings. The second-order valence-electron chi connectivity index (χ2n) is 6.48. The Labute approximate surface area is 136 Å². The summed E-state index contributed by atoms with van der Waals surface area (Å²) in [5.41, 5.74) is 19.0. The Kier molecular flexibility index (Phi) is 2.95. The van der Waals surface area contributed by atoms with Crippen LogP contribution in [0, 0.1) is 5.92 Å². The second kappa shape index (κ2) is 4.88. The van der Waals surface area contributed by atoms with Crippen molar-refractivity contribution in [3.05, 3.63) is 95.1 Å². The molecule has 2 heteroatoms. The predicted molar refractivity (Wildman–Crippen MR) is 97.0 cm³/mol. The molecule has 0 spiro atoms. The van der Waals surface area contributed by atoms with Crippen LogP contribution in [0.2, 0.25) is 0 Å². The van der Waals surface area contributed by atoms with E-state index in [9.17, 15) is 0 Å². The topological polar surface area (TPSA) is 52.0 Å². The van der Waals surface area contributed by atoms with Gasteiger partial charge in [0.25, 0.3) is 0 Å². The van der Waals surface area contributed by atoms with E-state index in [1.807, 2.05) is 24.3 Å². The molecule has 0 aliphatic heterocycles. The molecule has 0 saturated carbocycles. The molecular formula is C21H20N2. The molecule has 0 saturated heterocycles. The number of fused-ring (bicyclic) bond motifs is 2. The van der Waals surface area contributed by atoms with Crippen LogP contribution >= 0.6 is 0 Å². The Morgan fingerprint density at radius 1 is 0.739 bits per heavy atom. The van der Waals surface area contributed by atoms with Gasteiger partial charge in [-0.1, -0.05) is 67.6 Å². The highest BCUT2D eigenvalue weighted by Crippen LogP contribution is 2.53. The summed E-state index contributed by atoms with van der Waals surface area (Å²) in [7, 11) is 0. The lowest BCUT2D eigenvalue weighted by atomic mass is 9.64. The molecule has 23 heavy (non-hydrogen) atoms. The minimum absolute atomic E-state index is 0.261. The van der Waals surface area contributed by atoms with Crippen LogP contribution in [0.25, 0.3) is 0 Å². The van der Waals surface area contributed by atoms with E-state index in [-0.39, 0.29) is 11.3 Å². The number of hydrogen-bond donors (Lipinski definition) is 2. The number of para-hydroxylation sites is 2. The van der Waals surface area contributed by atoms with Gasteiger partial charge in [0.2, 0.25) is 0 Å². The zero-order valence-electron chi connectivity index (χ0n) is 13.2. The molecule has 0 amide bonds. The first-order valence-electron chi connectivity index (χ1n) is 7.92. The largest absolute Gasteiger partial charge is 0.398 e. The summed E-state index contributed by atoms with van der Waals surface area (Å²) in [5, 5.41) is 0. The fourth-order valence-electron chi connectivity index (χ4n) is 4.14. The summed E-state index contributed by atoms with van der Waals surface area (Å²) in [5.74, 6) is 0.261. The monoisotopic (exact) mass is 300 g/mol. The quantitative estimate of drug-likeness (QED) is 0.834. The molecule has 0 atom stereocenters. The molecule has 0 fully saturated rings. The molecule has 2 aromatic carbocycles. The van der Waals surface area contributed by atoms with E-state index in [1.165, 1.54) is 11.1 Å². The fraction of sp³-hybridized carbons (Fsp3) is 0.143. The van der Waals surface area contributed by atoms with Crippen molar-refractivity contribution in [2.75, 3.05) is 11.5 Å². The van der Waals surface area contributed by atoms with Crippen LogP contribution in [0.4, 0.5) is 11.4 Å². The minimum atomic E-state index is -0.297. The number of nitrogen functional groups attached to an aromatic ring is 2. The van der Waals surface area contributed by atoms with E-state index < -0.39 is 0 Å². The minimum Gasteiger partial charge on any atom is -0.398 e. The van der Waals surface area contributed by atoms with Gasteiger partial charge < -0.3 is 11.5 Å². The summed E-state index contributed by atoms with van der Waals surface area (Å²) < 4.78 is 0. The van der Waals surface area contributed by atoms with E-state index >= 15 is 0 Å². The maximum Gasteiger partial charge on any atom is 0.0355 e. The Hall–Kier alpha value is -2.74. The van der Waals surface area contributed by atoms with Crippen molar-refractivity contribution < 1.29 is 0 Å². The zero-order chi connectivity index (χ0) is 16.0. The van der Waals surface area contributed by atoms with Crippen LogP contribution in [0.5, 0.6) is 0 Å². The summed E-state index contributed by atoms with van der Waals surface area (Å²) in [6.45, 7) is 2.26.